The van der Waals surface area contributed by atoms with Gasteiger partial charge in [0.1, 0.15) is 5.78 Å². The number of carbonyl (C=O) groups is 2. The van der Waals surface area contributed by atoms with Gasteiger partial charge < -0.3 is 51.3 Å². The summed E-state index contributed by atoms with van der Waals surface area (Å²) in [5, 5.41) is 0. The van der Waals surface area contributed by atoms with Crippen molar-refractivity contribution in [2.45, 2.75) is 13.8 Å². The maximum atomic E-state index is 11.7. The van der Waals surface area contributed by atoms with Gasteiger partial charge in [-0.1, -0.05) is 41.0 Å². The van der Waals surface area contributed by atoms with Crippen molar-refractivity contribution in [3.05, 3.63) is 101 Å². The third kappa shape index (κ3) is 6.88. The first-order chi connectivity index (χ1) is 11.6. The number of benzene rings is 1. The van der Waals surface area contributed by atoms with Gasteiger partial charge in [0.15, 0.2) is 0 Å². The number of Topliss-reactive ketones (excluding diaryl/α,β-unsaturated/α-hetero) is 1. The Hall–Kier alpha value is -2.48. The monoisotopic (exact) mass is 372 g/mol. The van der Waals surface area contributed by atoms with Gasteiger partial charge in [0.2, 0.25) is 0 Å². The Morgan fingerprint density at radius 2 is 1.56 bits per heavy atom. The van der Waals surface area contributed by atoms with Gasteiger partial charge in [0, 0.05) is 17.1 Å². The molecule has 3 aromatic carbocycles. The third-order valence-electron chi connectivity index (χ3n) is 3.52. The van der Waals surface area contributed by atoms with Crippen LogP contribution >= 0.6 is 0 Å². The molecule has 0 spiro atoms. The first kappa shape index (κ1) is 20.6. The molecule has 0 bridgehead atoms. The van der Waals surface area contributed by atoms with E-state index in [0.29, 0.717) is 0 Å². The summed E-state index contributed by atoms with van der Waals surface area (Å²) in [6.45, 7) is 3.61. The van der Waals surface area contributed by atoms with Crippen molar-refractivity contribution in [1.29, 1.82) is 0 Å². The molecule has 0 atom stereocenters. The Balaban J connectivity index is 0.000000295. The normalized spacial score (nSPS) is 9.84. The van der Waals surface area contributed by atoms with Crippen LogP contribution < -0.4 is 0 Å². The second-order valence-corrected chi connectivity index (χ2v) is 5.51. The van der Waals surface area contributed by atoms with E-state index < -0.39 is 0 Å². The molecule has 0 heterocycles. The fourth-order valence-electron chi connectivity index (χ4n) is 2.09. The predicted molar refractivity (Wildman–Crippen MR) is 98.6 cm³/mol. The van der Waals surface area contributed by atoms with Crippen LogP contribution in [0.2, 0.25) is 0 Å². The molecular formula is C22H20FeO2-6. The first-order valence-electron chi connectivity index (χ1n) is 7.79. The van der Waals surface area contributed by atoms with Crippen LogP contribution in [0.1, 0.15) is 38.8 Å². The first-order valence-corrected chi connectivity index (χ1v) is 7.79. The van der Waals surface area contributed by atoms with Crippen molar-refractivity contribution in [3.63, 3.8) is 0 Å². The Morgan fingerprint density at radius 3 is 2.04 bits per heavy atom. The van der Waals surface area contributed by atoms with Crippen LogP contribution in [-0.4, -0.2) is 11.6 Å². The van der Waals surface area contributed by atoms with E-state index in [2.05, 4.69) is 0 Å². The molecule has 0 unspecified atom stereocenters. The number of rotatable bonds is 4. The van der Waals surface area contributed by atoms with Crippen LogP contribution in [0.5, 0.6) is 0 Å². The standard InChI is InChI=1S/C15H13O.C7H7O.Fe/c1-12-6-8-13(9-7-12)10-11-15(16)14-4-2-3-5-14;1-6(8)7-4-2-3-5-7;/h2-11H,1H3;2-5H,1H3;/q-5;-1;. The average Bonchev–Trinajstić information content (AvgIpc) is 3.28. The SMILES string of the molecule is CC(=O)[c-]1cccc1.Cc1ccc(C=CC(=O)[c-]2[cH-][cH-][cH-][cH-]2)cc1.[Fe]. The Kier molecular flexibility index (Phi) is 8.55. The van der Waals surface area contributed by atoms with E-state index in [9.17, 15) is 9.59 Å². The maximum absolute atomic E-state index is 11.7. The van der Waals surface area contributed by atoms with Crippen LogP contribution in [0.4, 0.5) is 0 Å². The maximum Gasteiger partial charge on any atom is 0.105 e. The number of hydrogen-bond donors (Lipinski definition) is 0. The van der Waals surface area contributed by atoms with Crippen molar-refractivity contribution in [3.8, 4) is 0 Å². The summed E-state index contributed by atoms with van der Waals surface area (Å²) in [5.41, 5.74) is 3.80. The molecule has 0 radical (unpaired) electrons. The molecule has 0 aliphatic carbocycles. The summed E-state index contributed by atoms with van der Waals surface area (Å²) in [7, 11) is 0. The van der Waals surface area contributed by atoms with Gasteiger partial charge in [0.05, 0.1) is 0 Å². The minimum absolute atomic E-state index is 0. The molecule has 25 heavy (non-hydrogen) atoms. The van der Waals surface area contributed by atoms with Crippen molar-refractivity contribution in [2.24, 2.45) is 0 Å². The van der Waals surface area contributed by atoms with Crippen LogP contribution in [0, 0.1) is 6.92 Å². The molecule has 3 aromatic rings. The minimum atomic E-state index is 0. The topological polar surface area (TPSA) is 34.1 Å². The van der Waals surface area contributed by atoms with Gasteiger partial charge in [0.25, 0.3) is 0 Å². The smallest absolute Gasteiger partial charge is 0.105 e. The van der Waals surface area contributed by atoms with Gasteiger partial charge in [-0.25, -0.2) is 12.1 Å². The molecule has 134 valence electrons. The molecule has 2 nitrogen and oxygen atoms in total. The van der Waals surface area contributed by atoms with Gasteiger partial charge >= 0.3 is 0 Å². The zero-order valence-electron chi connectivity index (χ0n) is 14.3. The summed E-state index contributed by atoms with van der Waals surface area (Å²) in [4.78, 5) is 22.2. The average molecular weight is 372 g/mol. The molecule has 0 amide bonds. The zero-order chi connectivity index (χ0) is 17.4. The largest absolute Gasteiger partial charge is 0.645 e. The van der Waals surface area contributed by atoms with Crippen molar-refractivity contribution in [1.82, 2.24) is 0 Å². The fourth-order valence-corrected chi connectivity index (χ4v) is 2.09. The third-order valence-corrected chi connectivity index (χ3v) is 3.52. The van der Waals surface area contributed by atoms with Crippen molar-refractivity contribution in [2.75, 3.05) is 0 Å². The van der Waals surface area contributed by atoms with Crippen molar-refractivity contribution < 1.29 is 26.7 Å². The summed E-state index contributed by atoms with van der Waals surface area (Å²) in [5.74, 6) is 0.181. The Morgan fingerprint density at radius 1 is 1.00 bits per heavy atom. The molecule has 3 heteroatoms. The van der Waals surface area contributed by atoms with E-state index in [1.807, 2.05) is 85.8 Å². The van der Waals surface area contributed by atoms with Crippen LogP contribution in [0.3, 0.4) is 0 Å². The number of carbonyl (C=O) groups excluding carboxylic acids is 2. The molecule has 3 rings (SSSR count). The number of allylic oxidation sites excluding steroid dienone is 1. The van der Waals surface area contributed by atoms with E-state index >= 15 is 0 Å². The Labute approximate surface area is 159 Å². The number of ketones is 2. The quantitative estimate of drug-likeness (QED) is 0.273. The van der Waals surface area contributed by atoms with Gasteiger partial charge in [-0.15, -0.1) is 0 Å². The Bertz CT molecular complexity index is 792. The van der Waals surface area contributed by atoms with Crippen LogP contribution in [0.25, 0.3) is 6.08 Å². The zero-order valence-corrected chi connectivity index (χ0v) is 15.4. The summed E-state index contributed by atoms with van der Waals surface area (Å²) >= 11 is 0. The summed E-state index contributed by atoms with van der Waals surface area (Å²) in [6.07, 6.45) is 3.45. The number of hydrogen-bond acceptors (Lipinski definition) is 2. The summed E-state index contributed by atoms with van der Waals surface area (Å²) in [6, 6.07) is 22.8. The van der Waals surface area contributed by atoms with Crippen LogP contribution in [0.15, 0.2) is 78.9 Å². The van der Waals surface area contributed by atoms with Gasteiger partial charge in [-0.05, 0) is 13.8 Å². The predicted octanol–water partition coefficient (Wildman–Crippen LogP) is 5.22. The molecule has 0 saturated carbocycles. The molecule has 0 N–H and O–H groups in total. The van der Waals surface area contributed by atoms with Gasteiger partial charge in [-0.2, -0.15) is 18.2 Å². The van der Waals surface area contributed by atoms with Gasteiger partial charge in [-0.3, -0.25) is 0 Å². The van der Waals surface area contributed by atoms with Crippen LogP contribution in [-0.2, 0) is 17.1 Å². The molecule has 0 fully saturated rings. The molecule has 0 saturated heterocycles. The molecule has 0 aromatic heterocycles. The van der Waals surface area contributed by atoms with E-state index in [1.165, 1.54) is 5.56 Å². The fraction of sp³-hybridized carbons (Fsp3) is 0.0909. The number of aryl methyl sites for hydroxylation is 1. The molecular weight excluding hydrogens is 352 g/mol. The second kappa shape index (κ2) is 10.4. The van der Waals surface area contributed by atoms with E-state index in [1.54, 1.807) is 13.0 Å². The molecule has 0 aliphatic heterocycles. The van der Waals surface area contributed by atoms with E-state index in [0.717, 1.165) is 16.7 Å². The van der Waals surface area contributed by atoms with E-state index in [4.69, 9.17) is 0 Å². The summed E-state index contributed by atoms with van der Waals surface area (Å²) < 4.78 is 0. The van der Waals surface area contributed by atoms with Crippen molar-refractivity contribution >= 4 is 17.6 Å². The second-order valence-electron chi connectivity index (χ2n) is 5.51. The minimum Gasteiger partial charge on any atom is -0.645 e. The van der Waals surface area contributed by atoms with E-state index in [-0.39, 0.29) is 28.6 Å². The molecule has 0 aliphatic rings.